The second kappa shape index (κ2) is 6.10. The number of benzene rings is 1. The van der Waals surface area contributed by atoms with Gasteiger partial charge in [0.05, 0.1) is 5.02 Å². The molecule has 0 aliphatic carbocycles. The summed E-state index contributed by atoms with van der Waals surface area (Å²) in [5.41, 5.74) is 5.26. The Morgan fingerprint density at radius 2 is 2.12 bits per heavy atom. The third-order valence-electron chi connectivity index (χ3n) is 1.90. The van der Waals surface area contributed by atoms with Gasteiger partial charge in [-0.15, -0.1) is 0 Å². The molecule has 8 heteroatoms. The predicted octanol–water partition coefficient (Wildman–Crippen LogP) is 1.87. The summed E-state index contributed by atoms with van der Waals surface area (Å²) in [6, 6.07) is 1.99. The molecule has 0 fully saturated rings. The van der Waals surface area contributed by atoms with E-state index in [4.69, 9.17) is 17.3 Å². The molecular weight excluding hydrogens is 335 g/mol. The Kier molecular flexibility index (Phi) is 5.33. The second-order valence-electron chi connectivity index (χ2n) is 3.24. The molecule has 0 saturated heterocycles. The molecule has 0 saturated carbocycles. The van der Waals surface area contributed by atoms with E-state index in [-0.39, 0.29) is 20.9 Å². The van der Waals surface area contributed by atoms with Crippen LogP contribution in [0.2, 0.25) is 5.02 Å². The normalized spacial score (nSPS) is 11.8. The minimum Gasteiger partial charge on any atom is -0.330 e. The first kappa shape index (κ1) is 14.8. The summed E-state index contributed by atoms with van der Waals surface area (Å²) in [6.07, 6.45) is 0.510. The van der Waals surface area contributed by atoms with Crippen molar-refractivity contribution < 1.29 is 12.8 Å². The highest BCUT2D eigenvalue weighted by atomic mass is 79.9. The quantitative estimate of drug-likeness (QED) is 0.800. The number of halogens is 3. The molecule has 0 bridgehead atoms. The van der Waals surface area contributed by atoms with Gasteiger partial charge in [0.25, 0.3) is 0 Å². The van der Waals surface area contributed by atoms with Gasteiger partial charge in [0.1, 0.15) is 10.7 Å². The monoisotopic (exact) mass is 344 g/mol. The summed E-state index contributed by atoms with van der Waals surface area (Å²) in [6.45, 7) is 0.583. The Hall–Kier alpha value is -0.210. The van der Waals surface area contributed by atoms with Gasteiger partial charge in [0, 0.05) is 11.0 Å². The lowest BCUT2D eigenvalue weighted by Crippen LogP contribution is -2.26. The van der Waals surface area contributed by atoms with Crippen LogP contribution in [0.5, 0.6) is 0 Å². The molecule has 0 atom stereocenters. The maximum atomic E-state index is 13.0. The molecule has 1 aromatic rings. The Bertz CT molecular complexity index is 487. The zero-order valence-electron chi connectivity index (χ0n) is 8.71. The largest absolute Gasteiger partial charge is 0.330 e. The molecule has 0 amide bonds. The lowest BCUT2D eigenvalue weighted by atomic mass is 10.3. The summed E-state index contributed by atoms with van der Waals surface area (Å²) in [5.74, 6) is -0.609. The van der Waals surface area contributed by atoms with Crippen LogP contribution in [0, 0.1) is 5.82 Å². The first-order valence-corrected chi connectivity index (χ1v) is 7.38. The maximum absolute atomic E-state index is 13.0. The van der Waals surface area contributed by atoms with Gasteiger partial charge in [0.2, 0.25) is 10.0 Å². The third-order valence-corrected chi connectivity index (χ3v) is 4.76. The SMILES string of the molecule is NCCCNS(=O)(=O)c1c(Cl)cc(F)cc1Br. The van der Waals surface area contributed by atoms with Crippen LogP contribution in [-0.4, -0.2) is 21.5 Å². The Balaban J connectivity index is 3.07. The molecular formula is C9H11BrClFN2O2S. The summed E-state index contributed by atoms with van der Waals surface area (Å²) in [4.78, 5) is -0.169. The van der Waals surface area contributed by atoms with Gasteiger partial charge in [-0.25, -0.2) is 17.5 Å². The molecule has 96 valence electrons. The van der Waals surface area contributed by atoms with Crippen molar-refractivity contribution in [2.24, 2.45) is 5.73 Å². The van der Waals surface area contributed by atoms with Gasteiger partial charge in [-0.3, -0.25) is 0 Å². The lowest BCUT2D eigenvalue weighted by molar-refractivity contribution is 0.578. The average Bonchev–Trinajstić information content (AvgIpc) is 2.15. The van der Waals surface area contributed by atoms with Crippen molar-refractivity contribution in [2.75, 3.05) is 13.1 Å². The van der Waals surface area contributed by atoms with Crippen LogP contribution in [0.15, 0.2) is 21.5 Å². The molecule has 17 heavy (non-hydrogen) atoms. The van der Waals surface area contributed by atoms with Crippen LogP contribution in [-0.2, 0) is 10.0 Å². The van der Waals surface area contributed by atoms with Crippen LogP contribution in [0.1, 0.15) is 6.42 Å². The van der Waals surface area contributed by atoms with Crippen molar-refractivity contribution in [1.29, 1.82) is 0 Å². The highest BCUT2D eigenvalue weighted by Gasteiger charge is 2.21. The highest BCUT2D eigenvalue weighted by Crippen LogP contribution is 2.30. The van der Waals surface area contributed by atoms with E-state index in [1.165, 1.54) is 0 Å². The Morgan fingerprint density at radius 1 is 1.47 bits per heavy atom. The number of hydrogen-bond acceptors (Lipinski definition) is 3. The first-order valence-electron chi connectivity index (χ1n) is 4.73. The Morgan fingerprint density at radius 3 is 2.65 bits per heavy atom. The molecule has 0 heterocycles. The van der Waals surface area contributed by atoms with E-state index in [1.54, 1.807) is 0 Å². The van der Waals surface area contributed by atoms with Crippen LogP contribution in [0.3, 0.4) is 0 Å². The van der Waals surface area contributed by atoms with Crippen molar-refractivity contribution >= 4 is 37.6 Å². The second-order valence-corrected chi connectivity index (χ2v) is 6.20. The predicted molar refractivity (Wildman–Crippen MR) is 68.0 cm³/mol. The molecule has 0 aliphatic heterocycles. The van der Waals surface area contributed by atoms with E-state index >= 15 is 0 Å². The fourth-order valence-electron chi connectivity index (χ4n) is 1.17. The van der Waals surface area contributed by atoms with Gasteiger partial charge in [-0.1, -0.05) is 11.6 Å². The molecule has 0 radical (unpaired) electrons. The lowest BCUT2D eigenvalue weighted by Gasteiger charge is -2.09. The van der Waals surface area contributed by atoms with Gasteiger partial charge in [0.15, 0.2) is 0 Å². The van der Waals surface area contributed by atoms with Crippen LogP contribution in [0.4, 0.5) is 4.39 Å². The van der Waals surface area contributed by atoms with Crippen LogP contribution in [0.25, 0.3) is 0 Å². The fraction of sp³-hybridized carbons (Fsp3) is 0.333. The van der Waals surface area contributed by atoms with E-state index in [2.05, 4.69) is 20.7 Å². The van der Waals surface area contributed by atoms with Crippen LogP contribution >= 0.6 is 27.5 Å². The summed E-state index contributed by atoms with van der Waals surface area (Å²) < 4.78 is 39.1. The topological polar surface area (TPSA) is 72.2 Å². The van der Waals surface area contributed by atoms with Gasteiger partial charge < -0.3 is 5.73 Å². The maximum Gasteiger partial charge on any atom is 0.243 e. The number of rotatable bonds is 5. The molecule has 1 aromatic carbocycles. The molecule has 0 spiro atoms. The van der Waals surface area contributed by atoms with E-state index in [1.807, 2.05) is 0 Å². The first-order chi connectivity index (χ1) is 7.88. The zero-order valence-corrected chi connectivity index (χ0v) is 11.9. The molecule has 4 nitrogen and oxygen atoms in total. The fourth-order valence-corrected chi connectivity index (χ4v) is 4.05. The standard InChI is InChI=1S/C9H11BrClFN2O2S/c10-7-4-6(12)5-8(11)9(7)17(15,16)14-3-1-2-13/h4-5,14H,1-3,13H2. The van der Waals surface area contributed by atoms with E-state index in [9.17, 15) is 12.8 Å². The number of sulfonamides is 1. The van der Waals surface area contributed by atoms with Gasteiger partial charge in [-0.05, 0) is 41.0 Å². The smallest absolute Gasteiger partial charge is 0.243 e. The summed E-state index contributed by atoms with van der Waals surface area (Å²) in [5, 5.41) is -0.169. The third kappa shape index (κ3) is 3.89. The molecule has 0 aliphatic rings. The summed E-state index contributed by atoms with van der Waals surface area (Å²) >= 11 is 8.69. The van der Waals surface area contributed by atoms with Crippen molar-refractivity contribution in [3.05, 3.63) is 27.4 Å². The summed E-state index contributed by atoms with van der Waals surface area (Å²) in [7, 11) is -3.76. The molecule has 3 N–H and O–H groups in total. The van der Waals surface area contributed by atoms with Crippen molar-refractivity contribution in [3.8, 4) is 0 Å². The van der Waals surface area contributed by atoms with E-state index in [0.29, 0.717) is 13.0 Å². The minimum absolute atomic E-state index is 0.0859. The molecule has 0 unspecified atom stereocenters. The van der Waals surface area contributed by atoms with Crippen molar-refractivity contribution in [2.45, 2.75) is 11.3 Å². The van der Waals surface area contributed by atoms with Crippen LogP contribution < -0.4 is 10.5 Å². The van der Waals surface area contributed by atoms with Crippen molar-refractivity contribution in [1.82, 2.24) is 4.72 Å². The van der Waals surface area contributed by atoms with E-state index in [0.717, 1.165) is 12.1 Å². The molecule has 1 rings (SSSR count). The highest BCUT2D eigenvalue weighted by molar-refractivity contribution is 9.10. The Labute approximate surface area is 113 Å². The average molecular weight is 346 g/mol. The number of hydrogen-bond donors (Lipinski definition) is 2. The zero-order chi connectivity index (χ0) is 13.1. The minimum atomic E-state index is -3.76. The molecule has 0 aromatic heterocycles. The number of nitrogens with two attached hydrogens (primary N) is 1. The van der Waals surface area contributed by atoms with Gasteiger partial charge >= 0.3 is 0 Å². The van der Waals surface area contributed by atoms with Gasteiger partial charge in [-0.2, -0.15) is 0 Å². The van der Waals surface area contributed by atoms with Crippen molar-refractivity contribution in [3.63, 3.8) is 0 Å². The van der Waals surface area contributed by atoms with E-state index < -0.39 is 15.8 Å². The number of nitrogens with one attached hydrogen (secondary N) is 1.